The molecule has 4 nitrogen and oxygen atoms in total. The third-order valence-corrected chi connectivity index (χ3v) is 2.56. The van der Waals surface area contributed by atoms with E-state index in [4.69, 9.17) is 5.11 Å². The SMILES string of the molecule is CNC(CCc1cncc(Br)c1)C(=O)O. The number of hydrogen-bond acceptors (Lipinski definition) is 3. The Kier molecular flexibility index (Phi) is 4.71. The van der Waals surface area contributed by atoms with Gasteiger partial charge < -0.3 is 10.4 Å². The van der Waals surface area contributed by atoms with E-state index in [1.807, 2.05) is 6.07 Å². The highest BCUT2D eigenvalue weighted by atomic mass is 79.9. The minimum absolute atomic E-state index is 0.496. The Labute approximate surface area is 96.8 Å². The molecule has 1 heterocycles. The zero-order valence-electron chi connectivity index (χ0n) is 8.40. The summed E-state index contributed by atoms with van der Waals surface area (Å²) in [5, 5.41) is 11.6. The predicted octanol–water partition coefficient (Wildman–Crippen LogP) is 1.45. The molecule has 0 aliphatic heterocycles. The number of aromatic nitrogens is 1. The summed E-state index contributed by atoms with van der Waals surface area (Å²) in [7, 11) is 1.65. The van der Waals surface area contributed by atoms with Crippen molar-refractivity contribution in [2.75, 3.05) is 7.05 Å². The summed E-state index contributed by atoms with van der Waals surface area (Å²) in [5.74, 6) is -0.819. The molecular formula is C10H13BrN2O2. The first kappa shape index (κ1) is 12.1. The first-order valence-electron chi connectivity index (χ1n) is 4.63. The summed E-state index contributed by atoms with van der Waals surface area (Å²) in [6.07, 6.45) is 4.71. The molecule has 0 saturated heterocycles. The molecule has 0 spiro atoms. The monoisotopic (exact) mass is 272 g/mol. The highest BCUT2D eigenvalue weighted by molar-refractivity contribution is 9.10. The quantitative estimate of drug-likeness (QED) is 0.852. The molecular weight excluding hydrogens is 260 g/mol. The third kappa shape index (κ3) is 3.97. The number of carboxylic acids is 1. The lowest BCUT2D eigenvalue weighted by atomic mass is 10.1. The van der Waals surface area contributed by atoms with Crippen molar-refractivity contribution in [2.24, 2.45) is 0 Å². The van der Waals surface area contributed by atoms with Crippen LogP contribution < -0.4 is 5.32 Å². The molecule has 1 atom stereocenters. The van der Waals surface area contributed by atoms with Gasteiger partial charge in [0.2, 0.25) is 0 Å². The molecule has 1 aromatic heterocycles. The molecule has 0 aromatic carbocycles. The number of hydrogen-bond donors (Lipinski definition) is 2. The summed E-state index contributed by atoms with van der Waals surface area (Å²) >= 11 is 3.32. The second-order valence-electron chi connectivity index (χ2n) is 3.23. The fourth-order valence-corrected chi connectivity index (χ4v) is 1.71. The Morgan fingerprint density at radius 3 is 2.93 bits per heavy atom. The van der Waals surface area contributed by atoms with Crippen LogP contribution in [0.4, 0.5) is 0 Å². The van der Waals surface area contributed by atoms with Gasteiger partial charge in [0.05, 0.1) is 0 Å². The molecule has 82 valence electrons. The number of carbonyl (C=O) groups is 1. The van der Waals surface area contributed by atoms with Crippen LogP contribution in [0.25, 0.3) is 0 Å². The normalized spacial score (nSPS) is 12.4. The zero-order chi connectivity index (χ0) is 11.3. The minimum Gasteiger partial charge on any atom is -0.480 e. The van der Waals surface area contributed by atoms with Crippen LogP contribution in [0.2, 0.25) is 0 Å². The van der Waals surface area contributed by atoms with Crippen LogP contribution in [0.1, 0.15) is 12.0 Å². The van der Waals surface area contributed by atoms with Gasteiger partial charge in [-0.25, -0.2) is 0 Å². The van der Waals surface area contributed by atoms with E-state index in [2.05, 4.69) is 26.2 Å². The molecule has 0 radical (unpaired) electrons. The highest BCUT2D eigenvalue weighted by Gasteiger charge is 2.14. The summed E-state index contributed by atoms with van der Waals surface area (Å²) in [6.45, 7) is 0. The topological polar surface area (TPSA) is 62.2 Å². The van der Waals surface area contributed by atoms with Crippen molar-refractivity contribution in [3.63, 3.8) is 0 Å². The van der Waals surface area contributed by atoms with E-state index >= 15 is 0 Å². The Hall–Kier alpha value is -0.940. The maximum Gasteiger partial charge on any atom is 0.320 e. The lowest BCUT2D eigenvalue weighted by Crippen LogP contribution is -2.34. The van der Waals surface area contributed by atoms with Crippen molar-refractivity contribution in [3.8, 4) is 0 Å². The Balaban J connectivity index is 2.52. The van der Waals surface area contributed by atoms with E-state index in [0.717, 1.165) is 10.0 Å². The molecule has 5 heteroatoms. The number of aliphatic carboxylic acids is 1. The number of nitrogens with zero attached hydrogens (tertiary/aromatic N) is 1. The second-order valence-corrected chi connectivity index (χ2v) is 4.15. The van der Waals surface area contributed by atoms with Crippen LogP contribution in [-0.2, 0) is 11.2 Å². The molecule has 0 aliphatic rings. The van der Waals surface area contributed by atoms with Gasteiger partial charge in [0.15, 0.2) is 0 Å². The van der Waals surface area contributed by atoms with Crippen LogP contribution in [0.15, 0.2) is 22.9 Å². The smallest absolute Gasteiger partial charge is 0.320 e. The van der Waals surface area contributed by atoms with Crippen LogP contribution in [0.5, 0.6) is 0 Å². The fourth-order valence-electron chi connectivity index (χ4n) is 1.29. The maximum atomic E-state index is 10.7. The molecule has 0 amide bonds. The van der Waals surface area contributed by atoms with E-state index < -0.39 is 12.0 Å². The number of aryl methyl sites for hydroxylation is 1. The number of rotatable bonds is 5. The van der Waals surface area contributed by atoms with Gasteiger partial charge in [-0.2, -0.15) is 0 Å². The Morgan fingerprint density at radius 2 is 2.40 bits per heavy atom. The molecule has 0 bridgehead atoms. The molecule has 1 rings (SSSR count). The molecule has 0 fully saturated rings. The van der Waals surface area contributed by atoms with Gasteiger partial charge in [-0.15, -0.1) is 0 Å². The van der Waals surface area contributed by atoms with Crippen LogP contribution in [0.3, 0.4) is 0 Å². The standard InChI is InChI=1S/C10H13BrN2O2/c1-12-9(10(14)15)3-2-7-4-8(11)6-13-5-7/h4-6,9,12H,2-3H2,1H3,(H,14,15). The van der Waals surface area contributed by atoms with E-state index in [1.165, 1.54) is 0 Å². The molecule has 2 N–H and O–H groups in total. The lowest BCUT2D eigenvalue weighted by molar-refractivity contribution is -0.139. The summed E-state index contributed by atoms with van der Waals surface area (Å²) in [5.41, 5.74) is 1.03. The molecule has 1 unspecified atom stereocenters. The van der Waals surface area contributed by atoms with Crippen LogP contribution in [-0.4, -0.2) is 29.1 Å². The summed E-state index contributed by atoms with van der Waals surface area (Å²) < 4.78 is 0.913. The van der Waals surface area contributed by atoms with Crippen molar-refractivity contribution in [3.05, 3.63) is 28.5 Å². The number of halogens is 1. The second kappa shape index (κ2) is 5.82. The maximum absolute atomic E-state index is 10.7. The van der Waals surface area contributed by atoms with Crippen molar-refractivity contribution >= 4 is 21.9 Å². The number of pyridine rings is 1. The van der Waals surface area contributed by atoms with Gasteiger partial charge in [-0.3, -0.25) is 9.78 Å². The van der Waals surface area contributed by atoms with Crippen molar-refractivity contribution in [1.82, 2.24) is 10.3 Å². The highest BCUT2D eigenvalue weighted by Crippen LogP contribution is 2.11. The Bertz CT molecular complexity index is 344. The van der Waals surface area contributed by atoms with Gasteiger partial charge in [0, 0.05) is 16.9 Å². The van der Waals surface area contributed by atoms with Crippen LogP contribution in [0, 0.1) is 0 Å². The van der Waals surface area contributed by atoms with E-state index in [9.17, 15) is 4.79 Å². The zero-order valence-corrected chi connectivity index (χ0v) is 9.99. The molecule has 0 aliphatic carbocycles. The number of nitrogens with one attached hydrogen (secondary N) is 1. The molecule has 0 saturated carbocycles. The fraction of sp³-hybridized carbons (Fsp3) is 0.400. The summed E-state index contributed by atoms with van der Waals surface area (Å²) in [6, 6.07) is 1.45. The van der Waals surface area contributed by atoms with Gasteiger partial charge in [-0.1, -0.05) is 0 Å². The average Bonchev–Trinajstić information content (AvgIpc) is 2.18. The van der Waals surface area contributed by atoms with Crippen LogP contribution >= 0.6 is 15.9 Å². The third-order valence-electron chi connectivity index (χ3n) is 2.13. The van der Waals surface area contributed by atoms with E-state index in [1.54, 1.807) is 19.4 Å². The van der Waals surface area contributed by atoms with E-state index in [0.29, 0.717) is 12.8 Å². The van der Waals surface area contributed by atoms with E-state index in [-0.39, 0.29) is 0 Å². The van der Waals surface area contributed by atoms with Gasteiger partial charge in [0.1, 0.15) is 6.04 Å². The summed E-state index contributed by atoms with van der Waals surface area (Å²) in [4.78, 5) is 14.7. The van der Waals surface area contributed by atoms with Gasteiger partial charge in [0.25, 0.3) is 0 Å². The number of likely N-dealkylation sites (N-methyl/N-ethyl adjacent to an activating group) is 1. The minimum atomic E-state index is -0.819. The van der Waals surface area contributed by atoms with Gasteiger partial charge >= 0.3 is 5.97 Å². The average molecular weight is 273 g/mol. The van der Waals surface area contributed by atoms with Crippen molar-refractivity contribution < 1.29 is 9.90 Å². The first-order chi connectivity index (χ1) is 7.13. The molecule has 15 heavy (non-hydrogen) atoms. The van der Waals surface area contributed by atoms with Crippen molar-refractivity contribution in [2.45, 2.75) is 18.9 Å². The first-order valence-corrected chi connectivity index (χ1v) is 5.42. The number of carboxylic acid groups (broad SMARTS) is 1. The Morgan fingerprint density at radius 1 is 1.67 bits per heavy atom. The largest absolute Gasteiger partial charge is 0.480 e. The molecule has 1 aromatic rings. The van der Waals surface area contributed by atoms with Gasteiger partial charge in [-0.05, 0) is 47.4 Å². The lowest BCUT2D eigenvalue weighted by Gasteiger charge is -2.10. The van der Waals surface area contributed by atoms with Crippen molar-refractivity contribution in [1.29, 1.82) is 0 Å². The predicted molar refractivity (Wildman–Crippen MR) is 60.7 cm³/mol.